The number of aromatic nitrogens is 1. The van der Waals surface area contributed by atoms with E-state index < -0.39 is 11.8 Å². The van der Waals surface area contributed by atoms with E-state index in [1.165, 1.54) is 22.9 Å². The molecule has 1 atom stereocenters. The van der Waals surface area contributed by atoms with Gasteiger partial charge in [-0.15, -0.1) is 0 Å². The van der Waals surface area contributed by atoms with Crippen LogP contribution in [0.3, 0.4) is 0 Å². The maximum Gasteiger partial charge on any atom is 0.313 e. The Morgan fingerprint density at radius 1 is 0.897 bits per heavy atom. The van der Waals surface area contributed by atoms with Crippen LogP contribution in [0.5, 0.6) is 0 Å². The second-order valence-corrected chi connectivity index (χ2v) is 6.78. The lowest BCUT2D eigenvalue weighted by Crippen LogP contribution is -2.38. The summed E-state index contributed by atoms with van der Waals surface area (Å²) >= 11 is 0. The zero-order chi connectivity index (χ0) is 20.6. The highest BCUT2D eigenvalue weighted by molar-refractivity contribution is 6.39. The summed E-state index contributed by atoms with van der Waals surface area (Å²) in [7, 11) is 1.58. The molecule has 2 amide bonds. The first-order valence-electron chi connectivity index (χ1n) is 9.40. The fraction of sp³-hybridized carbons (Fsp3) is 0.174. The van der Waals surface area contributed by atoms with Crippen molar-refractivity contribution in [3.63, 3.8) is 0 Å². The molecule has 0 aliphatic rings. The molecule has 0 saturated heterocycles. The van der Waals surface area contributed by atoms with Gasteiger partial charge in [0.15, 0.2) is 0 Å². The maximum atomic E-state index is 12.5. The van der Waals surface area contributed by atoms with E-state index in [-0.39, 0.29) is 11.6 Å². The largest absolute Gasteiger partial charge is 0.341 e. The van der Waals surface area contributed by atoms with Gasteiger partial charge in [0.2, 0.25) is 5.56 Å². The van der Waals surface area contributed by atoms with Crippen molar-refractivity contribution in [1.82, 2.24) is 9.88 Å². The van der Waals surface area contributed by atoms with E-state index in [4.69, 9.17) is 0 Å². The van der Waals surface area contributed by atoms with Gasteiger partial charge in [-0.2, -0.15) is 0 Å². The molecular formula is C23H23N3O3. The van der Waals surface area contributed by atoms with Gasteiger partial charge in [-0.05, 0) is 30.0 Å². The first-order valence-corrected chi connectivity index (χ1v) is 9.40. The molecule has 0 bridgehead atoms. The molecule has 0 fully saturated rings. The van der Waals surface area contributed by atoms with Crippen molar-refractivity contribution in [1.29, 1.82) is 0 Å². The van der Waals surface area contributed by atoms with E-state index >= 15 is 0 Å². The molecule has 0 saturated carbocycles. The lowest BCUT2D eigenvalue weighted by atomic mass is 9.99. The van der Waals surface area contributed by atoms with Crippen LogP contribution >= 0.6 is 0 Å². The summed E-state index contributed by atoms with van der Waals surface area (Å²) in [4.78, 5) is 36.3. The van der Waals surface area contributed by atoms with E-state index in [0.29, 0.717) is 12.1 Å². The predicted octanol–water partition coefficient (Wildman–Crippen LogP) is 2.81. The molecule has 2 aromatic carbocycles. The van der Waals surface area contributed by atoms with Gasteiger partial charge in [-0.3, -0.25) is 14.4 Å². The zero-order valence-electron chi connectivity index (χ0n) is 16.2. The minimum absolute atomic E-state index is 0.197. The second-order valence-electron chi connectivity index (χ2n) is 6.78. The Bertz CT molecular complexity index is 1030. The first-order chi connectivity index (χ1) is 14.0. The van der Waals surface area contributed by atoms with Crippen molar-refractivity contribution in [2.24, 2.45) is 7.05 Å². The van der Waals surface area contributed by atoms with Gasteiger partial charge >= 0.3 is 11.8 Å². The minimum Gasteiger partial charge on any atom is -0.341 e. The van der Waals surface area contributed by atoms with Gasteiger partial charge in [0, 0.05) is 19.3 Å². The van der Waals surface area contributed by atoms with E-state index in [0.717, 1.165) is 17.5 Å². The number of benzene rings is 2. The monoisotopic (exact) mass is 389 g/mol. The molecule has 148 valence electrons. The number of carbonyl (C=O) groups excluding carboxylic acids is 2. The van der Waals surface area contributed by atoms with Gasteiger partial charge < -0.3 is 15.2 Å². The number of pyridine rings is 1. The predicted molar refractivity (Wildman–Crippen MR) is 112 cm³/mol. The molecule has 3 rings (SSSR count). The first kappa shape index (κ1) is 20.1. The van der Waals surface area contributed by atoms with E-state index in [1.807, 2.05) is 60.7 Å². The Hall–Kier alpha value is -3.67. The maximum absolute atomic E-state index is 12.5. The van der Waals surface area contributed by atoms with Gasteiger partial charge in [0.05, 0.1) is 11.7 Å². The number of amides is 2. The van der Waals surface area contributed by atoms with Crippen LogP contribution in [-0.4, -0.2) is 16.4 Å². The number of aryl methyl sites for hydroxylation is 2. The van der Waals surface area contributed by atoms with E-state index in [1.54, 1.807) is 7.05 Å². The molecular weight excluding hydrogens is 366 g/mol. The molecule has 1 aromatic heterocycles. The van der Waals surface area contributed by atoms with Crippen LogP contribution in [0, 0.1) is 0 Å². The third-order valence-corrected chi connectivity index (χ3v) is 4.62. The smallest absolute Gasteiger partial charge is 0.313 e. The SMILES string of the molecule is Cn1cc(NC(=O)C(=O)N[C@@H](CCc2ccccc2)c2ccccc2)ccc1=O. The van der Waals surface area contributed by atoms with E-state index in [2.05, 4.69) is 10.6 Å². The average Bonchev–Trinajstić information content (AvgIpc) is 2.75. The number of carbonyl (C=O) groups is 2. The summed E-state index contributed by atoms with van der Waals surface area (Å²) in [6.07, 6.45) is 2.90. The number of anilines is 1. The highest BCUT2D eigenvalue weighted by Gasteiger charge is 2.20. The molecule has 6 heteroatoms. The highest BCUT2D eigenvalue weighted by atomic mass is 16.2. The van der Waals surface area contributed by atoms with Crippen molar-refractivity contribution < 1.29 is 9.59 Å². The molecule has 0 spiro atoms. The Morgan fingerprint density at radius 2 is 1.55 bits per heavy atom. The fourth-order valence-electron chi connectivity index (χ4n) is 3.04. The number of hydrogen-bond acceptors (Lipinski definition) is 3. The van der Waals surface area contributed by atoms with Gasteiger partial charge in [0.1, 0.15) is 0 Å². The van der Waals surface area contributed by atoms with Crippen LogP contribution in [0.1, 0.15) is 23.6 Å². The highest BCUT2D eigenvalue weighted by Crippen LogP contribution is 2.19. The van der Waals surface area contributed by atoms with Crippen LogP contribution < -0.4 is 16.2 Å². The summed E-state index contributed by atoms with van der Waals surface area (Å²) in [6, 6.07) is 22.1. The number of hydrogen-bond donors (Lipinski definition) is 2. The quantitative estimate of drug-likeness (QED) is 0.636. The van der Waals surface area contributed by atoms with Crippen molar-refractivity contribution >= 4 is 17.5 Å². The van der Waals surface area contributed by atoms with Crippen LogP contribution in [0.2, 0.25) is 0 Å². The molecule has 1 heterocycles. The molecule has 0 aliphatic carbocycles. The van der Waals surface area contributed by atoms with Crippen molar-refractivity contribution in [3.8, 4) is 0 Å². The van der Waals surface area contributed by atoms with Crippen LogP contribution in [0.15, 0.2) is 83.8 Å². The van der Waals surface area contributed by atoms with E-state index in [9.17, 15) is 14.4 Å². The lowest BCUT2D eigenvalue weighted by Gasteiger charge is -2.19. The normalized spacial score (nSPS) is 11.5. The Kier molecular flexibility index (Phi) is 6.58. The van der Waals surface area contributed by atoms with Crippen molar-refractivity contribution in [2.75, 3.05) is 5.32 Å². The minimum atomic E-state index is -0.774. The number of nitrogens with one attached hydrogen (secondary N) is 2. The van der Waals surface area contributed by atoms with Crippen molar-refractivity contribution in [3.05, 3.63) is 100 Å². The third-order valence-electron chi connectivity index (χ3n) is 4.62. The summed E-state index contributed by atoms with van der Waals surface area (Å²) in [6.45, 7) is 0. The average molecular weight is 389 g/mol. The Morgan fingerprint density at radius 3 is 2.21 bits per heavy atom. The summed E-state index contributed by atoms with van der Waals surface area (Å²) in [5.41, 5.74) is 2.29. The zero-order valence-corrected chi connectivity index (χ0v) is 16.2. The molecule has 2 N–H and O–H groups in total. The summed E-state index contributed by atoms with van der Waals surface area (Å²) in [5, 5.41) is 5.36. The second kappa shape index (κ2) is 9.50. The van der Waals surface area contributed by atoms with Crippen molar-refractivity contribution in [2.45, 2.75) is 18.9 Å². The van der Waals surface area contributed by atoms with Crippen LogP contribution in [0.4, 0.5) is 5.69 Å². The Labute approximate surface area is 169 Å². The Balaban J connectivity index is 1.68. The number of rotatable bonds is 6. The molecule has 0 aliphatic heterocycles. The van der Waals surface area contributed by atoms with Gasteiger partial charge in [-0.25, -0.2) is 0 Å². The fourth-order valence-corrected chi connectivity index (χ4v) is 3.04. The van der Waals surface area contributed by atoms with Gasteiger partial charge in [0.25, 0.3) is 0 Å². The lowest BCUT2D eigenvalue weighted by molar-refractivity contribution is -0.136. The summed E-state index contributed by atoms with van der Waals surface area (Å²) in [5.74, 6) is -1.50. The molecule has 29 heavy (non-hydrogen) atoms. The molecule has 0 radical (unpaired) electrons. The summed E-state index contributed by atoms with van der Waals surface area (Å²) < 4.78 is 1.33. The standard InChI is InChI=1S/C23H23N3O3/c1-26-16-19(13-15-21(26)27)24-22(28)23(29)25-20(18-10-6-3-7-11-18)14-12-17-8-4-2-5-9-17/h2-11,13,15-16,20H,12,14H2,1H3,(H,24,28)(H,25,29)/t20-/m0/s1. The molecule has 0 unspecified atom stereocenters. The number of nitrogens with zero attached hydrogens (tertiary/aromatic N) is 1. The topological polar surface area (TPSA) is 80.2 Å². The van der Waals surface area contributed by atoms with Gasteiger partial charge in [-0.1, -0.05) is 60.7 Å². The third kappa shape index (κ3) is 5.65. The molecule has 6 nitrogen and oxygen atoms in total. The molecule has 3 aromatic rings. The van der Waals surface area contributed by atoms with Crippen LogP contribution in [-0.2, 0) is 23.1 Å². The van der Waals surface area contributed by atoms with Crippen LogP contribution in [0.25, 0.3) is 0 Å².